The first-order valence-corrected chi connectivity index (χ1v) is 5.89. The molecular weight excluding hydrogens is 278 g/mol. The van der Waals surface area contributed by atoms with E-state index in [-0.39, 0.29) is 23.0 Å². The number of carbonyl (C=O) groups is 1. The van der Waals surface area contributed by atoms with Gasteiger partial charge in [0.2, 0.25) is 5.88 Å². The van der Waals surface area contributed by atoms with Gasteiger partial charge in [-0.1, -0.05) is 0 Å². The highest BCUT2D eigenvalue weighted by Crippen LogP contribution is 2.30. The van der Waals surface area contributed by atoms with Crippen LogP contribution in [0.5, 0.6) is 11.6 Å². The van der Waals surface area contributed by atoms with Crippen LogP contribution in [0.25, 0.3) is 0 Å². The molecular formula is C13H11N3O5. The second kappa shape index (κ2) is 5.53. The molecule has 1 aromatic heterocycles. The number of rotatable bonds is 4. The molecule has 0 bridgehead atoms. The number of nitrogens with zero attached hydrogens (tertiary/aromatic N) is 3. The molecule has 0 aliphatic carbocycles. The van der Waals surface area contributed by atoms with E-state index in [2.05, 4.69) is 10.2 Å². The number of hydrogen-bond acceptors (Lipinski definition) is 6. The summed E-state index contributed by atoms with van der Waals surface area (Å²) < 4.78 is 5.42. The van der Waals surface area contributed by atoms with E-state index in [1.807, 2.05) is 0 Å². The fraction of sp³-hybridized carbons (Fsp3) is 0.154. The number of nitro benzene ring substituents is 1. The maximum absolute atomic E-state index is 10.9. The topological polar surface area (TPSA) is 115 Å². The summed E-state index contributed by atoms with van der Waals surface area (Å²) in [6.45, 7) is 3.38. The molecule has 0 spiro atoms. The minimum atomic E-state index is -1.20. The fourth-order valence-corrected chi connectivity index (χ4v) is 1.73. The number of aromatic carboxylic acids is 1. The molecule has 0 atom stereocenters. The molecule has 8 nitrogen and oxygen atoms in total. The largest absolute Gasteiger partial charge is 0.476 e. The molecule has 0 saturated heterocycles. The second-order valence-corrected chi connectivity index (χ2v) is 4.33. The lowest BCUT2D eigenvalue weighted by Gasteiger charge is -2.08. The first-order valence-electron chi connectivity index (χ1n) is 5.89. The van der Waals surface area contributed by atoms with Gasteiger partial charge >= 0.3 is 5.97 Å². The Hall–Kier alpha value is -3.03. The van der Waals surface area contributed by atoms with E-state index in [1.54, 1.807) is 19.9 Å². The van der Waals surface area contributed by atoms with Crippen LogP contribution < -0.4 is 4.74 Å². The van der Waals surface area contributed by atoms with Gasteiger partial charge < -0.3 is 9.84 Å². The van der Waals surface area contributed by atoms with E-state index in [9.17, 15) is 14.9 Å². The van der Waals surface area contributed by atoms with Crippen LogP contribution in [-0.4, -0.2) is 26.2 Å². The zero-order valence-corrected chi connectivity index (χ0v) is 11.2. The van der Waals surface area contributed by atoms with Crippen LogP contribution in [-0.2, 0) is 0 Å². The highest BCUT2D eigenvalue weighted by atomic mass is 16.6. The maximum Gasteiger partial charge on any atom is 0.356 e. The summed E-state index contributed by atoms with van der Waals surface area (Å²) in [5.74, 6) is -0.873. The third kappa shape index (κ3) is 3.11. The molecule has 0 unspecified atom stereocenters. The Morgan fingerprint density at radius 1 is 1.24 bits per heavy atom. The van der Waals surface area contributed by atoms with Crippen molar-refractivity contribution in [3.63, 3.8) is 0 Å². The van der Waals surface area contributed by atoms with Gasteiger partial charge in [0, 0.05) is 11.6 Å². The van der Waals surface area contributed by atoms with Crippen molar-refractivity contribution in [1.82, 2.24) is 10.2 Å². The summed E-state index contributed by atoms with van der Waals surface area (Å²) in [5, 5.41) is 26.7. The molecule has 1 N–H and O–H groups in total. The van der Waals surface area contributed by atoms with Crippen molar-refractivity contribution >= 4 is 11.7 Å². The molecule has 0 radical (unpaired) electrons. The van der Waals surface area contributed by atoms with E-state index < -0.39 is 10.9 Å². The van der Waals surface area contributed by atoms with Gasteiger partial charge in [0.25, 0.3) is 5.69 Å². The third-order valence-electron chi connectivity index (χ3n) is 2.76. The minimum absolute atomic E-state index is 0.0567. The lowest BCUT2D eigenvalue weighted by atomic mass is 10.1. The normalized spacial score (nSPS) is 10.2. The Balaban J connectivity index is 2.32. The Morgan fingerprint density at radius 2 is 1.95 bits per heavy atom. The van der Waals surface area contributed by atoms with Crippen molar-refractivity contribution in [2.75, 3.05) is 0 Å². The van der Waals surface area contributed by atoms with Crippen LogP contribution in [0, 0.1) is 24.0 Å². The molecule has 2 rings (SSSR count). The highest BCUT2D eigenvalue weighted by Gasteiger charge is 2.15. The predicted octanol–water partition coefficient (Wildman–Crippen LogP) is 2.49. The molecule has 0 aliphatic rings. The molecule has 0 saturated carbocycles. The Labute approximate surface area is 119 Å². The third-order valence-corrected chi connectivity index (χ3v) is 2.76. The molecule has 21 heavy (non-hydrogen) atoms. The molecule has 8 heteroatoms. The first kappa shape index (κ1) is 14.4. The monoisotopic (exact) mass is 289 g/mol. The number of benzene rings is 1. The predicted molar refractivity (Wildman–Crippen MR) is 71.6 cm³/mol. The van der Waals surface area contributed by atoms with Gasteiger partial charge in [-0.3, -0.25) is 10.1 Å². The number of nitro groups is 1. The van der Waals surface area contributed by atoms with Gasteiger partial charge in [-0.25, -0.2) is 4.79 Å². The van der Waals surface area contributed by atoms with Crippen molar-refractivity contribution < 1.29 is 19.6 Å². The van der Waals surface area contributed by atoms with Crippen molar-refractivity contribution in [3.8, 4) is 11.6 Å². The lowest BCUT2D eigenvalue weighted by molar-refractivity contribution is -0.385. The Kier molecular flexibility index (Phi) is 3.79. The number of aryl methyl sites for hydroxylation is 2. The van der Waals surface area contributed by atoms with Crippen LogP contribution in [0.15, 0.2) is 24.3 Å². The molecule has 108 valence electrons. The van der Waals surface area contributed by atoms with Crippen LogP contribution >= 0.6 is 0 Å². The number of ether oxygens (including phenoxy) is 1. The summed E-state index contributed by atoms with van der Waals surface area (Å²) >= 11 is 0. The zero-order chi connectivity index (χ0) is 15.6. The van der Waals surface area contributed by atoms with E-state index in [0.29, 0.717) is 11.1 Å². The van der Waals surface area contributed by atoms with Crippen LogP contribution in [0.3, 0.4) is 0 Å². The van der Waals surface area contributed by atoms with E-state index in [0.717, 1.165) is 0 Å². The lowest BCUT2D eigenvalue weighted by Crippen LogP contribution is -2.02. The van der Waals surface area contributed by atoms with Gasteiger partial charge in [0.1, 0.15) is 5.75 Å². The average Bonchev–Trinajstić information content (AvgIpc) is 2.42. The molecule has 0 aliphatic heterocycles. The summed E-state index contributed by atoms with van der Waals surface area (Å²) in [4.78, 5) is 21.1. The van der Waals surface area contributed by atoms with E-state index in [1.165, 1.54) is 18.2 Å². The summed E-state index contributed by atoms with van der Waals surface area (Å²) in [7, 11) is 0. The van der Waals surface area contributed by atoms with Crippen molar-refractivity contribution in [2.24, 2.45) is 0 Å². The molecule has 1 heterocycles. The smallest absolute Gasteiger partial charge is 0.356 e. The average molecular weight is 289 g/mol. The number of carboxylic acid groups (broad SMARTS) is 1. The minimum Gasteiger partial charge on any atom is -0.476 e. The molecule has 0 fully saturated rings. The number of aromatic nitrogens is 2. The van der Waals surface area contributed by atoms with Crippen molar-refractivity contribution in [3.05, 3.63) is 51.2 Å². The zero-order valence-electron chi connectivity index (χ0n) is 11.2. The van der Waals surface area contributed by atoms with Gasteiger partial charge in [-0.15, -0.1) is 10.2 Å². The highest BCUT2D eigenvalue weighted by molar-refractivity contribution is 5.84. The van der Waals surface area contributed by atoms with Crippen LogP contribution in [0.1, 0.15) is 21.6 Å². The number of hydrogen-bond donors (Lipinski definition) is 1. The van der Waals surface area contributed by atoms with Gasteiger partial charge in [0.15, 0.2) is 5.69 Å². The van der Waals surface area contributed by atoms with Gasteiger partial charge in [0.05, 0.1) is 11.0 Å². The Bertz CT molecular complexity index is 712. The van der Waals surface area contributed by atoms with E-state index in [4.69, 9.17) is 9.84 Å². The maximum atomic E-state index is 10.9. The summed E-state index contributed by atoms with van der Waals surface area (Å²) in [6.07, 6.45) is 0. The molecule has 1 aromatic carbocycles. The Morgan fingerprint density at radius 3 is 2.48 bits per heavy atom. The van der Waals surface area contributed by atoms with Crippen molar-refractivity contribution in [1.29, 1.82) is 0 Å². The first-order chi connectivity index (χ1) is 9.88. The SMILES string of the molecule is Cc1cc(C)c([N+](=O)[O-])cc1Oc1ccc(C(=O)O)nn1. The fourth-order valence-electron chi connectivity index (χ4n) is 1.73. The molecule has 2 aromatic rings. The van der Waals surface area contributed by atoms with Crippen LogP contribution in [0.4, 0.5) is 5.69 Å². The van der Waals surface area contributed by atoms with Crippen LogP contribution in [0.2, 0.25) is 0 Å². The molecule has 0 amide bonds. The quantitative estimate of drug-likeness (QED) is 0.678. The summed E-state index contributed by atoms with van der Waals surface area (Å²) in [6, 6.07) is 5.51. The van der Waals surface area contributed by atoms with Gasteiger partial charge in [-0.2, -0.15) is 0 Å². The standard InChI is InChI=1S/C13H11N3O5/c1-7-5-8(2)11(6-10(7)16(19)20)21-12-4-3-9(13(17)18)14-15-12/h3-6H,1-2H3,(H,17,18). The summed E-state index contributed by atoms with van der Waals surface area (Å²) in [5.41, 5.74) is 0.944. The van der Waals surface area contributed by atoms with Crippen molar-refractivity contribution in [2.45, 2.75) is 13.8 Å². The second-order valence-electron chi connectivity index (χ2n) is 4.33. The van der Waals surface area contributed by atoms with Gasteiger partial charge in [-0.05, 0) is 31.5 Å². The van der Waals surface area contributed by atoms with E-state index >= 15 is 0 Å². The number of carboxylic acids is 1.